The highest BCUT2D eigenvalue weighted by atomic mass is 16.5. The minimum absolute atomic E-state index is 0.0937. The predicted octanol–water partition coefficient (Wildman–Crippen LogP) is 1.98. The van der Waals surface area contributed by atoms with E-state index < -0.39 is 6.04 Å². The number of aromatic nitrogens is 1. The van der Waals surface area contributed by atoms with Crippen LogP contribution in [0.25, 0.3) is 22.5 Å². The second-order valence-corrected chi connectivity index (χ2v) is 5.71. The van der Waals surface area contributed by atoms with Gasteiger partial charge in [0, 0.05) is 17.9 Å². The first-order valence-electron chi connectivity index (χ1n) is 7.71. The molecule has 7 heteroatoms. The number of furan rings is 1. The van der Waals surface area contributed by atoms with E-state index in [0.29, 0.717) is 30.1 Å². The molecule has 1 saturated heterocycles. The van der Waals surface area contributed by atoms with Gasteiger partial charge in [0.1, 0.15) is 17.3 Å². The normalized spacial score (nSPS) is 17.2. The smallest absolute Gasteiger partial charge is 0.242 e. The van der Waals surface area contributed by atoms with Crippen LogP contribution in [0, 0.1) is 0 Å². The lowest BCUT2D eigenvalue weighted by molar-refractivity contribution is -0.125. The van der Waals surface area contributed by atoms with Gasteiger partial charge in [0.15, 0.2) is 5.76 Å². The SMILES string of the molecule is O=C1CCC(C(=O)NCc2cc(-c3cc4ccccc4o3)on2)N1. The van der Waals surface area contributed by atoms with E-state index in [0.717, 1.165) is 11.0 Å². The van der Waals surface area contributed by atoms with Gasteiger partial charge in [-0.15, -0.1) is 0 Å². The van der Waals surface area contributed by atoms with Gasteiger partial charge in [0.2, 0.25) is 17.6 Å². The summed E-state index contributed by atoms with van der Waals surface area (Å²) >= 11 is 0. The van der Waals surface area contributed by atoms with Crippen LogP contribution in [-0.2, 0) is 16.1 Å². The van der Waals surface area contributed by atoms with Crippen molar-refractivity contribution in [2.75, 3.05) is 0 Å². The van der Waals surface area contributed by atoms with Gasteiger partial charge in [0.25, 0.3) is 0 Å². The summed E-state index contributed by atoms with van der Waals surface area (Å²) in [6.07, 6.45) is 0.909. The van der Waals surface area contributed by atoms with Crippen LogP contribution < -0.4 is 10.6 Å². The molecule has 3 heterocycles. The van der Waals surface area contributed by atoms with Crippen LogP contribution in [0.15, 0.2) is 45.3 Å². The fraction of sp³-hybridized carbons (Fsp3) is 0.235. The van der Waals surface area contributed by atoms with Crippen LogP contribution >= 0.6 is 0 Å². The predicted molar refractivity (Wildman–Crippen MR) is 84.7 cm³/mol. The zero-order valence-electron chi connectivity index (χ0n) is 12.7. The molecule has 0 bridgehead atoms. The molecule has 2 N–H and O–H groups in total. The third-order valence-electron chi connectivity index (χ3n) is 3.98. The molecule has 1 fully saturated rings. The first-order chi connectivity index (χ1) is 11.7. The average Bonchev–Trinajstić information content (AvgIpc) is 3.31. The monoisotopic (exact) mass is 325 g/mol. The maximum absolute atomic E-state index is 12.0. The van der Waals surface area contributed by atoms with Gasteiger partial charge in [0.05, 0.1) is 6.54 Å². The number of nitrogens with one attached hydrogen (secondary N) is 2. The van der Waals surface area contributed by atoms with Crippen LogP contribution in [0.3, 0.4) is 0 Å². The van der Waals surface area contributed by atoms with E-state index in [-0.39, 0.29) is 18.4 Å². The molecule has 0 radical (unpaired) electrons. The molecule has 3 aromatic rings. The van der Waals surface area contributed by atoms with Gasteiger partial charge >= 0.3 is 0 Å². The van der Waals surface area contributed by atoms with Crippen LogP contribution in [0.2, 0.25) is 0 Å². The van der Waals surface area contributed by atoms with Crippen molar-refractivity contribution < 1.29 is 18.5 Å². The molecule has 7 nitrogen and oxygen atoms in total. The fourth-order valence-electron chi connectivity index (χ4n) is 2.73. The van der Waals surface area contributed by atoms with Gasteiger partial charge in [-0.25, -0.2) is 0 Å². The van der Waals surface area contributed by atoms with Crippen molar-refractivity contribution in [3.05, 3.63) is 42.1 Å². The lowest BCUT2D eigenvalue weighted by atomic mass is 10.2. The summed E-state index contributed by atoms with van der Waals surface area (Å²) in [5, 5.41) is 10.3. The summed E-state index contributed by atoms with van der Waals surface area (Å²) in [4.78, 5) is 23.1. The summed E-state index contributed by atoms with van der Waals surface area (Å²) in [6, 6.07) is 10.8. The molecule has 4 rings (SSSR count). The summed E-state index contributed by atoms with van der Waals surface area (Å²) in [5.41, 5.74) is 1.36. The maximum atomic E-state index is 12.0. The highest BCUT2D eigenvalue weighted by Crippen LogP contribution is 2.28. The van der Waals surface area contributed by atoms with Crippen molar-refractivity contribution in [2.24, 2.45) is 0 Å². The van der Waals surface area contributed by atoms with Crippen molar-refractivity contribution in [1.29, 1.82) is 0 Å². The van der Waals surface area contributed by atoms with Crippen LogP contribution in [0.5, 0.6) is 0 Å². The van der Waals surface area contributed by atoms with Crippen molar-refractivity contribution in [2.45, 2.75) is 25.4 Å². The first-order valence-corrected chi connectivity index (χ1v) is 7.71. The van der Waals surface area contributed by atoms with E-state index >= 15 is 0 Å². The van der Waals surface area contributed by atoms with E-state index in [2.05, 4.69) is 15.8 Å². The summed E-state index contributed by atoms with van der Waals surface area (Å²) in [6.45, 7) is 0.231. The van der Waals surface area contributed by atoms with Crippen molar-refractivity contribution >= 4 is 22.8 Å². The van der Waals surface area contributed by atoms with Gasteiger partial charge in [-0.2, -0.15) is 0 Å². The van der Waals surface area contributed by atoms with Crippen LogP contribution in [0.4, 0.5) is 0 Å². The molecule has 1 atom stereocenters. The molecule has 1 aliphatic rings. The minimum Gasteiger partial charge on any atom is -0.453 e. The number of hydrogen-bond acceptors (Lipinski definition) is 5. The largest absolute Gasteiger partial charge is 0.453 e. The summed E-state index contributed by atoms with van der Waals surface area (Å²) in [7, 11) is 0. The Balaban J connectivity index is 1.43. The van der Waals surface area contributed by atoms with Crippen molar-refractivity contribution in [3.63, 3.8) is 0 Å². The highest BCUT2D eigenvalue weighted by Gasteiger charge is 2.27. The molecule has 2 amide bonds. The molecule has 1 aromatic carbocycles. The number of carbonyl (C=O) groups is 2. The van der Waals surface area contributed by atoms with E-state index in [1.54, 1.807) is 6.07 Å². The van der Waals surface area contributed by atoms with Crippen LogP contribution in [0.1, 0.15) is 18.5 Å². The number of para-hydroxylation sites is 1. The second-order valence-electron chi connectivity index (χ2n) is 5.71. The maximum Gasteiger partial charge on any atom is 0.242 e. The van der Waals surface area contributed by atoms with Crippen molar-refractivity contribution in [1.82, 2.24) is 15.8 Å². The Morgan fingerprint density at radius 3 is 2.96 bits per heavy atom. The highest BCUT2D eigenvalue weighted by molar-refractivity contribution is 5.90. The van der Waals surface area contributed by atoms with Crippen molar-refractivity contribution in [3.8, 4) is 11.5 Å². The van der Waals surface area contributed by atoms with E-state index in [1.165, 1.54) is 0 Å². The Morgan fingerprint density at radius 2 is 2.17 bits per heavy atom. The quantitative estimate of drug-likeness (QED) is 0.764. The molecule has 1 aliphatic heterocycles. The topological polar surface area (TPSA) is 97.4 Å². The van der Waals surface area contributed by atoms with Crippen LogP contribution in [-0.4, -0.2) is 23.0 Å². The lowest BCUT2D eigenvalue weighted by Crippen LogP contribution is -2.41. The fourth-order valence-corrected chi connectivity index (χ4v) is 2.73. The van der Waals surface area contributed by atoms with Gasteiger partial charge in [-0.05, 0) is 18.6 Å². The number of amides is 2. The van der Waals surface area contributed by atoms with E-state index in [4.69, 9.17) is 8.94 Å². The molecule has 0 saturated carbocycles. The third-order valence-corrected chi connectivity index (χ3v) is 3.98. The number of hydrogen-bond donors (Lipinski definition) is 2. The molecule has 0 aliphatic carbocycles. The number of benzene rings is 1. The summed E-state index contributed by atoms with van der Waals surface area (Å²) < 4.78 is 11.0. The molecule has 0 spiro atoms. The first kappa shape index (κ1) is 14.5. The number of nitrogens with zero attached hydrogens (tertiary/aromatic N) is 1. The summed E-state index contributed by atoms with van der Waals surface area (Å²) in [5.74, 6) is 0.784. The Bertz CT molecular complexity index is 878. The molecular weight excluding hydrogens is 310 g/mol. The molecule has 122 valence electrons. The zero-order valence-corrected chi connectivity index (χ0v) is 12.7. The number of fused-ring (bicyclic) bond motifs is 1. The van der Waals surface area contributed by atoms with Gasteiger partial charge < -0.3 is 19.6 Å². The Morgan fingerprint density at radius 1 is 1.29 bits per heavy atom. The molecule has 1 unspecified atom stereocenters. The van der Waals surface area contributed by atoms with Gasteiger partial charge in [-0.3, -0.25) is 9.59 Å². The molecule has 2 aromatic heterocycles. The minimum atomic E-state index is -0.459. The Hall–Kier alpha value is -3.09. The van der Waals surface area contributed by atoms with E-state index in [1.807, 2.05) is 30.3 Å². The van der Waals surface area contributed by atoms with Gasteiger partial charge in [-0.1, -0.05) is 23.4 Å². The number of carbonyl (C=O) groups excluding carboxylic acids is 2. The molecule has 24 heavy (non-hydrogen) atoms. The second kappa shape index (κ2) is 5.84. The number of rotatable bonds is 4. The van der Waals surface area contributed by atoms with E-state index in [9.17, 15) is 9.59 Å². The average molecular weight is 325 g/mol. The Kier molecular flexibility index (Phi) is 3.53. The zero-order chi connectivity index (χ0) is 16.5. The standard InChI is InChI=1S/C17H15N3O4/c21-16-6-5-12(19-16)17(22)18-9-11-8-15(24-20-11)14-7-10-3-1-2-4-13(10)23-14/h1-4,7-8,12H,5-6,9H2,(H,18,22)(H,19,21). The third kappa shape index (κ3) is 2.76. The molecular formula is C17H15N3O4. The lowest BCUT2D eigenvalue weighted by Gasteiger charge is -2.09. The Labute approximate surface area is 137 Å².